The van der Waals surface area contributed by atoms with Gasteiger partial charge in [-0.15, -0.1) is 0 Å². The van der Waals surface area contributed by atoms with Crippen LogP contribution >= 0.6 is 0 Å². The molecule has 0 aliphatic carbocycles. The molecule has 1 amide bonds. The molecule has 144 valence electrons. The Balaban J connectivity index is 1.48. The summed E-state index contributed by atoms with van der Waals surface area (Å²) in [7, 11) is 0. The SMILES string of the molecule is O=C(N[C@H](C[NH+]1CCOCC1)c1ccccc1)c1ccc(-n2cccn2)cc1. The van der Waals surface area contributed by atoms with Crippen molar-refractivity contribution in [3.05, 3.63) is 84.2 Å². The smallest absolute Gasteiger partial charge is 0.251 e. The van der Waals surface area contributed by atoms with Crippen LogP contribution in [0.2, 0.25) is 0 Å². The highest BCUT2D eigenvalue weighted by molar-refractivity contribution is 5.94. The van der Waals surface area contributed by atoms with E-state index in [0.29, 0.717) is 5.56 Å². The van der Waals surface area contributed by atoms with Gasteiger partial charge in [0, 0.05) is 18.0 Å². The first-order valence-electron chi connectivity index (χ1n) is 9.67. The molecule has 0 bridgehead atoms. The van der Waals surface area contributed by atoms with Gasteiger partial charge in [0.25, 0.3) is 5.91 Å². The van der Waals surface area contributed by atoms with Gasteiger partial charge in [-0.2, -0.15) is 5.10 Å². The van der Waals surface area contributed by atoms with Gasteiger partial charge in [-0.05, 0) is 35.9 Å². The number of nitrogens with one attached hydrogen (secondary N) is 2. The molecule has 1 aliphatic rings. The Morgan fingerprint density at radius 3 is 2.50 bits per heavy atom. The summed E-state index contributed by atoms with van der Waals surface area (Å²) in [6, 6.07) is 19.5. The third kappa shape index (κ3) is 4.47. The Hall–Kier alpha value is -2.96. The van der Waals surface area contributed by atoms with Crippen molar-refractivity contribution in [2.24, 2.45) is 0 Å². The van der Waals surface area contributed by atoms with Gasteiger partial charge in [0.05, 0.1) is 18.9 Å². The number of amides is 1. The van der Waals surface area contributed by atoms with Crippen LogP contribution < -0.4 is 10.2 Å². The van der Waals surface area contributed by atoms with Crippen molar-refractivity contribution in [1.29, 1.82) is 0 Å². The summed E-state index contributed by atoms with van der Waals surface area (Å²) in [6.07, 6.45) is 3.62. The predicted octanol–water partition coefficient (Wildman–Crippen LogP) is 1.26. The van der Waals surface area contributed by atoms with E-state index in [-0.39, 0.29) is 11.9 Å². The van der Waals surface area contributed by atoms with Gasteiger partial charge >= 0.3 is 0 Å². The first kappa shape index (κ1) is 18.4. The fraction of sp³-hybridized carbons (Fsp3) is 0.273. The normalized spacial score (nSPS) is 15.9. The van der Waals surface area contributed by atoms with Gasteiger partial charge in [0.1, 0.15) is 25.7 Å². The van der Waals surface area contributed by atoms with Crippen molar-refractivity contribution >= 4 is 5.91 Å². The summed E-state index contributed by atoms with van der Waals surface area (Å²) in [4.78, 5) is 14.4. The summed E-state index contributed by atoms with van der Waals surface area (Å²) in [5, 5.41) is 7.45. The van der Waals surface area contributed by atoms with Crippen LogP contribution in [0.1, 0.15) is 22.0 Å². The number of nitrogens with zero attached hydrogens (tertiary/aromatic N) is 2. The van der Waals surface area contributed by atoms with E-state index < -0.39 is 0 Å². The van der Waals surface area contributed by atoms with E-state index in [2.05, 4.69) is 22.5 Å². The second-order valence-corrected chi connectivity index (χ2v) is 7.00. The second-order valence-electron chi connectivity index (χ2n) is 7.00. The van der Waals surface area contributed by atoms with E-state index in [1.165, 1.54) is 4.90 Å². The quantitative estimate of drug-likeness (QED) is 0.680. The minimum Gasteiger partial charge on any atom is -0.370 e. The average molecular weight is 377 g/mol. The molecule has 1 atom stereocenters. The molecule has 6 nitrogen and oxygen atoms in total. The number of hydrogen-bond acceptors (Lipinski definition) is 3. The zero-order valence-corrected chi connectivity index (χ0v) is 15.8. The van der Waals surface area contributed by atoms with E-state index in [1.807, 2.05) is 54.7 Å². The number of benzene rings is 2. The maximum atomic E-state index is 12.9. The molecule has 1 aliphatic heterocycles. The Bertz CT molecular complexity index is 873. The number of hydrogen-bond donors (Lipinski definition) is 2. The fourth-order valence-electron chi connectivity index (χ4n) is 3.52. The van der Waals surface area contributed by atoms with Crippen LogP contribution in [-0.2, 0) is 4.74 Å². The molecular formula is C22H25N4O2+. The van der Waals surface area contributed by atoms with Gasteiger partial charge in [-0.25, -0.2) is 4.68 Å². The molecule has 6 heteroatoms. The van der Waals surface area contributed by atoms with Crippen LogP contribution in [0.5, 0.6) is 0 Å². The minimum atomic E-state index is -0.0615. The minimum absolute atomic E-state index is 0.0346. The molecule has 1 saturated heterocycles. The van der Waals surface area contributed by atoms with Gasteiger partial charge in [0.2, 0.25) is 0 Å². The lowest BCUT2D eigenvalue weighted by atomic mass is 10.1. The largest absolute Gasteiger partial charge is 0.370 e. The molecule has 0 spiro atoms. The summed E-state index contributed by atoms with van der Waals surface area (Å²) < 4.78 is 7.24. The lowest BCUT2D eigenvalue weighted by molar-refractivity contribution is -0.909. The zero-order valence-electron chi connectivity index (χ0n) is 15.8. The number of carbonyl (C=O) groups is 1. The highest BCUT2D eigenvalue weighted by Gasteiger charge is 2.23. The number of carbonyl (C=O) groups excluding carboxylic acids is 1. The molecule has 2 N–H and O–H groups in total. The maximum Gasteiger partial charge on any atom is 0.251 e. The Morgan fingerprint density at radius 2 is 1.82 bits per heavy atom. The van der Waals surface area contributed by atoms with Crippen LogP contribution in [0.3, 0.4) is 0 Å². The molecular weight excluding hydrogens is 352 g/mol. The molecule has 3 aromatic rings. The molecule has 1 fully saturated rings. The van der Waals surface area contributed by atoms with E-state index >= 15 is 0 Å². The zero-order chi connectivity index (χ0) is 19.2. The van der Waals surface area contributed by atoms with Gasteiger partial charge in [0.15, 0.2) is 0 Å². The molecule has 2 heterocycles. The molecule has 28 heavy (non-hydrogen) atoms. The third-order valence-electron chi connectivity index (χ3n) is 5.10. The first-order valence-corrected chi connectivity index (χ1v) is 9.67. The van der Waals surface area contributed by atoms with Crippen LogP contribution in [0.15, 0.2) is 73.1 Å². The van der Waals surface area contributed by atoms with Crippen molar-refractivity contribution in [1.82, 2.24) is 15.1 Å². The predicted molar refractivity (Wildman–Crippen MR) is 107 cm³/mol. The van der Waals surface area contributed by atoms with Crippen molar-refractivity contribution in [3.8, 4) is 5.69 Å². The van der Waals surface area contributed by atoms with Crippen LogP contribution in [0.4, 0.5) is 0 Å². The summed E-state index contributed by atoms with van der Waals surface area (Å²) in [6.45, 7) is 4.35. The van der Waals surface area contributed by atoms with Crippen LogP contribution in [-0.4, -0.2) is 48.5 Å². The summed E-state index contributed by atoms with van der Waals surface area (Å²) in [5.41, 5.74) is 2.70. The van der Waals surface area contributed by atoms with E-state index in [0.717, 1.165) is 44.1 Å². The highest BCUT2D eigenvalue weighted by Crippen LogP contribution is 2.14. The maximum absolute atomic E-state index is 12.9. The summed E-state index contributed by atoms with van der Waals surface area (Å²) >= 11 is 0. The number of quaternary nitrogens is 1. The standard InChI is InChI=1S/C22H24N4O2/c27-22(19-7-9-20(10-8-19)26-12-4-11-23-26)24-21(18-5-2-1-3-6-18)17-25-13-15-28-16-14-25/h1-12,21H,13-17H2,(H,24,27)/p+1/t21-/m1/s1. The van der Waals surface area contributed by atoms with E-state index in [9.17, 15) is 4.79 Å². The number of morpholine rings is 1. The Morgan fingerprint density at radius 1 is 1.07 bits per heavy atom. The molecule has 2 aromatic carbocycles. The van der Waals surface area contributed by atoms with Gasteiger partial charge < -0.3 is 15.0 Å². The fourth-order valence-corrected chi connectivity index (χ4v) is 3.52. The van der Waals surface area contributed by atoms with Crippen LogP contribution in [0.25, 0.3) is 5.69 Å². The molecule has 0 saturated carbocycles. The van der Waals surface area contributed by atoms with Crippen molar-refractivity contribution in [3.63, 3.8) is 0 Å². The second kappa shape index (κ2) is 8.82. The Labute approximate surface area is 164 Å². The van der Waals surface area contributed by atoms with Crippen molar-refractivity contribution in [2.45, 2.75) is 6.04 Å². The van der Waals surface area contributed by atoms with Gasteiger partial charge in [-0.3, -0.25) is 4.79 Å². The number of rotatable bonds is 6. The first-order chi connectivity index (χ1) is 13.8. The lowest BCUT2D eigenvalue weighted by Gasteiger charge is -2.28. The monoisotopic (exact) mass is 377 g/mol. The van der Waals surface area contributed by atoms with Gasteiger partial charge in [-0.1, -0.05) is 30.3 Å². The third-order valence-corrected chi connectivity index (χ3v) is 5.10. The molecule has 1 aromatic heterocycles. The molecule has 0 unspecified atom stereocenters. The number of ether oxygens (including phenoxy) is 1. The average Bonchev–Trinajstić information content (AvgIpc) is 3.30. The van der Waals surface area contributed by atoms with E-state index in [4.69, 9.17) is 4.74 Å². The molecule has 0 radical (unpaired) electrons. The lowest BCUT2D eigenvalue weighted by Crippen LogP contribution is -3.14. The molecule has 4 rings (SSSR count). The Kier molecular flexibility index (Phi) is 5.80. The van der Waals surface area contributed by atoms with E-state index in [1.54, 1.807) is 10.9 Å². The highest BCUT2D eigenvalue weighted by atomic mass is 16.5. The summed E-state index contributed by atoms with van der Waals surface area (Å²) in [5.74, 6) is -0.0615. The van der Waals surface area contributed by atoms with Crippen LogP contribution in [0, 0.1) is 0 Å². The number of aromatic nitrogens is 2. The van der Waals surface area contributed by atoms with Crippen molar-refractivity contribution in [2.75, 3.05) is 32.8 Å². The van der Waals surface area contributed by atoms with Crippen molar-refractivity contribution < 1.29 is 14.4 Å². The topological polar surface area (TPSA) is 60.6 Å².